The van der Waals surface area contributed by atoms with Gasteiger partial charge in [-0.2, -0.15) is 0 Å². The second kappa shape index (κ2) is 4.72. The molecular weight excluding hydrogens is 180 g/mol. The highest BCUT2D eigenvalue weighted by Crippen LogP contribution is 1.98. The molecule has 0 spiro atoms. The molecule has 0 aliphatic heterocycles. The second-order valence-electron chi connectivity index (χ2n) is 3.21. The second-order valence-corrected chi connectivity index (χ2v) is 3.21. The summed E-state index contributed by atoms with van der Waals surface area (Å²) in [6.45, 7) is 4.00. The summed E-state index contributed by atoms with van der Waals surface area (Å²) in [7, 11) is 0. The fraction of sp³-hybridized carbons (Fsp3) is 0.400. The van der Waals surface area contributed by atoms with Crippen molar-refractivity contribution in [3.8, 4) is 0 Å². The lowest BCUT2D eigenvalue weighted by Gasteiger charge is -2.08. The van der Waals surface area contributed by atoms with Crippen LogP contribution in [-0.2, 0) is 11.3 Å². The van der Waals surface area contributed by atoms with E-state index in [0.717, 1.165) is 11.4 Å². The number of pyridine rings is 1. The highest BCUT2D eigenvalue weighted by atomic mass is 16.4. The first-order valence-electron chi connectivity index (χ1n) is 4.48. The van der Waals surface area contributed by atoms with Crippen LogP contribution in [0.3, 0.4) is 0 Å². The smallest absolute Gasteiger partial charge is 0.320 e. The number of hydrogen-bond donors (Lipinski definition) is 2. The van der Waals surface area contributed by atoms with Gasteiger partial charge in [-0.3, -0.25) is 15.1 Å². The van der Waals surface area contributed by atoms with Crippen LogP contribution < -0.4 is 5.32 Å². The van der Waals surface area contributed by atoms with E-state index in [1.165, 1.54) is 0 Å². The summed E-state index contributed by atoms with van der Waals surface area (Å²) in [6, 6.07) is 5.14. The topological polar surface area (TPSA) is 62.2 Å². The minimum Gasteiger partial charge on any atom is -0.480 e. The quantitative estimate of drug-likeness (QED) is 0.749. The molecule has 0 saturated carbocycles. The van der Waals surface area contributed by atoms with E-state index in [2.05, 4.69) is 10.3 Å². The summed E-state index contributed by atoms with van der Waals surface area (Å²) >= 11 is 0. The molecule has 1 unspecified atom stereocenters. The zero-order valence-electron chi connectivity index (χ0n) is 8.32. The number of carboxylic acids is 1. The Balaban J connectivity index is 2.49. The van der Waals surface area contributed by atoms with Crippen LogP contribution in [0.1, 0.15) is 18.3 Å². The lowest BCUT2D eigenvalue weighted by atomic mass is 10.3. The predicted octanol–water partition coefficient (Wildman–Crippen LogP) is 0.953. The third-order valence-corrected chi connectivity index (χ3v) is 1.91. The van der Waals surface area contributed by atoms with Crippen LogP contribution in [0.15, 0.2) is 18.2 Å². The first kappa shape index (κ1) is 10.7. The van der Waals surface area contributed by atoms with Crippen molar-refractivity contribution in [3.05, 3.63) is 29.6 Å². The Morgan fingerprint density at radius 2 is 2.36 bits per heavy atom. The third-order valence-electron chi connectivity index (χ3n) is 1.91. The molecule has 14 heavy (non-hydrogen) atoms. The van der Waals surface area contributed by atoms with E-state index < -0.39 is 12.0 Å². The van der Waals surface area contributed by atoms with Crippen molar-refractivity contribution in [2.24, 2.45) is 0 Å². The maximum absolute atomic E-state index is 10.5. The van der Waals surface area contributed by atoms with E-state index in [1.54, 1.807) is 6.92 Å². The number of nitrogens with zero attached hydrogens (tertiary/aromatic N) is 1. The molecule has 1 aromatic heterocycles. The van der Waals surface area contributed by atoms with Gasteiger partial charge in [-0.15, -0.1) is 0 Å². The standard InChI is InChI=1S/C10H14N2O2/c1-7-4-3-5-9(12-7)6-11-8(2)10(13)14/h3-5,8,11H,6H2,1-2H3,(H,13,14). The Morgan fingerprint density at radius 3 is 2.93 bits per heavy atom. The molecule has 1 rings (SSSR count). The molecule has 4 heteroatoms. The van der Waals surface area contributed by atoms with E-state index in [1.807, 2.05) is 25.1 Å². The molecule has 0 saturated heterocycles. The summed E-state index contributed by atoms with van der Waals surface area (Å²) in [4.78, 5) is 14.8. The Bertz CT molecular complexity index is 326. The number of carboxylic acid groups (broad SMARTS) is 1. The molecular formula is C10H14N2O2. The van der Waals surface area contributed by atoms with Crippen LogP contribution in [0.4, 0.5) is 0 Å². The van der Waals surface area contributed by atoms with Crippen LogP contribution in [0.25, 0.3) is 0 Å². The molecule has 1 atom stereocenters. The van der Waals surface area contributed by atoms with E-state index in [0.29, 0.717) is 6.54 Å². The number of aromatic nitrogens is 1. The van der Waals surface area contributed by atoms with Crippen molar-refractivity contribution in [2.75, 3.05) is 0 Å². The Morgan fingerprint density at radius 1 is 1.64 bits per heavy atom. The minimum atomic E-state index is -0.849. The molecule has 1 aromatic rings. The molecule has 76 valence electrons. The maximum Gasteiger partial charge on any atom is 0.320 e. The van der Waals surface area contributed by atoms with Crippen LogP contribution in [-0.4, -0.2) is 22.1 Å². The summed E-state index contributed by atoms with van der Waals surface area (Å²) in [6.07, 6.45) is 0. The van der Waals surface area contributed by atoms with Crippen molar-refractivity contribution < 1.29 is 9.90 Å². The number of nitrogens with one attached hydrogen (secondary N) is 1. The van der Waals surface area contributed by atoms with Gasteiger partial charge in [-0.1, -0.05) is 6.07 Å². The molecule has 0 bridgehead atoms. The minimum absolute atomic E-state index is 0.481. The summed E-state index contributed by atoms with van der Waals surface area (Å²) in [5.41, 5.74) is 1.80. The monoisotopic (exact) mass is 194 g/mol. The molecule has 0 fully saturated rings. The summed E-state index contributed by atoms with van der Waals surface area (Å²) in [5.74, 6) is -0.849. The fourth-order valence-electron chi connectivity index (χ4n) is 1.04. The van der Waals surface area contributed by atoms with Crippen LogP contribution in [0.5, 0.6) is 0 Å². The van der Waals surface area contributed by atoms with Gasteiger partial charge in [0.15, 0.2) is 0 Å². The van der Waals surface area contributed by atoms with E-state index in [4.69, 9.17) is 5.11 Å². The average molecular weight is 194 g/mol. The van der Waals surface area contributed by atoms with Crippen molar-refractivity contribution >= 4 is 5.97 Å². The summed E-state index contributed by atoms with van der Waals surface area (Å²) in [5, 5.41) is 11.5. The van der Waals surface area contributed by atoms with Gasteiger partial charge in [0.2, 0.25) is 0 Å². The molecule has 1 heterocycles. The molecule has 0 amide bonds. The van der Waals surface area contributed by atoms with Crippen LogP contribution >= 0.6 is 0 Å². The van der Waals surface area contributed by atoms with Gasteiger partial charge in [0.05, 0.1) is 5.69 Å². The summed E-state index contributed by atoms with van der Waals surface area (Å²) < 4.78 is 0. The number of carbonyl (C=O) groups is 1. The zero-order valence-corrected chi connectivity index (χ0v) is 8.32. The van der Waals surface area contributed by atoms with Gasteiger partial charge in [0.25, 0.3) is 0 Å². The Labute approximate surface area is 83.0 Å². The molecule has 4 nitrogen and oxygen atoms in total. The first-order chi connectivity index (χ1) is 6.59. The van der Waals surface area contributed by atoms with E-state index >= 15 is 0 Å². The van der Waals surface area contributed by atoms with Gasteiger partial charge in [-0.25, -0.2) is 0 Å². The number of aryl methyl sites for hydroxylation is 1. The predicted molar refractivity (Wildman–Crippen MR) is 52.9 cm³/mol. The fourth-order valence-corrected chi connectivity index (χ4v) is 1.04. The Hall–Kier alpha value is -1.42. The lowest BCUT2D eigenvalue weighted by molar-refractivity contribution is -0.139. The van der Waals surface area contributed by atoms with Crippen LogP contribution in [0.2, 0.25) is 0 Å². The van der Waals surface area contributed by atoms with Crippen molar-refractivity contribution in [1.82, 2.24) is 10.3 Å². The molecule has 0 aliphatic rings. The highest BCUT2D eigenvalue weighted by Gasteiger charge is 2.09. The number of aliphatic carboxylic acids is 1. The van der Waals surface area contributed by atoms with Gasteiger partial charge >= 0.3 is 5.97 Å². The van der Waals surface area contributed by atoms with Crippen molar-refractivity contribution in [2.45, 2.75) is 26.4 Å². The molecule has 0 radical (unpaired) electrons. The number of hydrogen-bond acceptors (Lipinski definition) is 3. The lowest BCUT2D eigenvalue weighted by Crippen LogP contribution is -2.33. The van der Waals surface area contributed by atoms with Crippen molar-refractivity contribution in [3.63, 3.8) is 0 Å². The largest absolute Gasteiger partial charge is 0.480 e. The molecule has 0 aromatic carbocycles. The van der Waals surface area contributed by atoms with Gasteiger partial charge in [0.1, 0.15) is 6.04 Å². The maximum atomic E-state index is 10.5. The van der Waals surface area contributed by atoms with Crippen molar-refractivity contribution in [1.29, 1.82) is 0 Å². The van der Waals surface area contributed by atoms with Gasteiger partial charge in [-0.05, 0) is 26.0 Å². The zero-order chi connectivity index (χ0) is 10.6. The van der Waals surface area contributed by atoms with Gasteiger partial charge in [0, 0.05) is 12.2 Å². The van der Waals surface area contributed by atoms with E-state index in [9.17, 15) is 4.79 Å². The Kier molecular flexibility index (Phi) is 3.59. The van der Waals surface area contributed by atoms with Gasteiger partial charge < -0.3 is 5.11 Å². The third kappa shape index (κ3) is 3.14. The first-order valence-corrected chi connectivity index (χ1v) is 4.48. The van der Waals surface area contributed by atoms with E-state index in [-0.39, 0.29) is 0 Å². The van der Waals surface area contributed by atoms with Crippen LogP contribution in [0, 0.1) is 6.92 Å². The molecule has 0 aliphatic carbocycles. The molecule has 2 N–H and O–H groups in total. The number of rotatable bonds is 4. The average Bonchev–Trinajstić information content (AvgIpc) is 2.14. The SMILES string of the molecule is Cc1cccc(CNC(C)C(=O)O)n1. The highest BCUT2D eigenvalue weighted by molar-refractivity contribution is 5.72. The normalized spacial score (nSPS) is 12.4.